The Kier molecular flexibility index (Phi) is 5.81. The molecule has 0 saturated heterocycles. The highest BCUT2D eigenvalue weighted by Gasteiger charge is 2.14. The maximum Gasteiger partial charge on any atom is 0.273 e. The summed E-state index contributed by atoms with van der Waals surface area (Å²) >= 11 is 1.40. The normalized spacial score (nSPS) is 11.1. The van der Waals surface area contributed by atoms with Crippen molar-refractivity contribution in [3.63, 3.8) is 0 Å². The lowest BCUT2D eigenvalue weighted by Crippen LogP contribution is -2.17. The molecule has 0 spiro atoms. The molecule has 0 radical (unpaired) electrons. The molecule has 4 aromatic rings. The largest absolute Gasteiger partial charge is 0.321 e. The van der Waals surface area contributed by atoms with Gasteiger partial charge >= 0.3 is 0 Å². The van der Waals surface area contributed by atoms with Crippen molar-refractivity contribution in [1.29, 1.82) is 0 Å². The number of fused-ring (bicyclic) bond motifs is 1. The zero-order valence-corrected chi connectivity index (χ0v) is 18.3. The summed E-state index contributed by atoms with van der Waals surface area (Å²) in [7, 11) is 0. The number of thiazole rings is 1. The predicted octanol–water partition coefficient (Wildman–Crippen LogP) is 5.10. The molecule has 0 aliphatic heterocycles. The third-order valence-electron chi connectivity index (χ3n) is 4.88. The van der Waals surface area contributed by atoms with Gasteiger partial charge in [0.25, 0.3) is 5.91 Å². The Morgan fingerprint density at radius 3 is 2.55 bits per heavy atom. The number of hydrogen-bond acceptors (Lipinski definition) is 5. The van der Waals surface area contributed by atoms with Crippen molar-refractivity contribution < 1.29 is 9.59 Å². The Balaban J connectivity index is 1.48. The quantitative estimate of drug-likeness (QED) is 0.394. The number of hydrogen-bond donors (Lipinski definition) is 3. The smallest absolute Gasteiger partial charge is 0.273 e. The van der Waals surface area contributed by atoms with Gasteiger partial charge in [0.2, 0.25) is 5.91 Å². The second-order valence-electron chi connectivity index (χ2n) is 7.52. The first-order valence-corrected chi connectivity index (χ1v) is 10.9. The number of nitrogens with one attached hydrogen (secondary N) is 3. The molecule has 2 heterocycles. The molecule has 158 valence electrons. The number of anilines is 2. The first kappa shape index (κ1) is 20.7. The number of carbonyl (C=O) groups excluding carboxylic acids is 2. The van der Waals surface area contributed by atoms with Gasteiger partial charge in [-0.05, 0) is 36.2 Å². The number of aromatic amines is 1. The van der Waals surface area contributed by atoms with E-state index < -0.39 is 0 Å². The summed E-state index contributed by atoms with van der Waals surface area (Å²) in [5, 5.41) is 13.3. The van der Waals surface area contributed by atoms with Crippen molar-refractivity contribution in [1.82, 2.24) is 15.2 Å². The molecular weight excluding hydrogens is 410 g/mol. The average molecular weight is 434 g/mol. The number of H-pyrrole nitrogens is 1. The molecule has 0 saturated carbocycles. The van der Waals surface area contributed by atoms with E-state index in [1.54, 1.807) is 12.1 Å². The van der Waals surface area contributed by atoms with Crippen molar-refractivity contribution in [3.8, 4) is 11.3 Å². The number of rotatable bonds is 6. The number of aryl methyl sites for hydroxylation is 1. The number of amides is 2. The van der Waals surface area contributed by atoms with E-state index in [1.165, 1.54) is 16.9 Å². The van der Waals surface area contributed by atoms with Gasteiger partial charge in [-0.15, -0.1) is 0 Å². The summed E-state index contributed by atoms with van der Waals surface area (Å²) < 4.78 is 0.927. The molecule has 2 aromatic heterocycles. The molecule has 0 aliphatic carbocycles. The van der Waals surface area contributed by atoms with Crippen molar-refractivity contribution in [2.24, 2.45) is 5.92 Å². The summed E-state index contributed by atoms with van der Waals surface area (Å²) in [6, 6.07) is 15.3. The van der Waals surface area contributed by atoms with Crippen molar-refractivity contribution in [3.05, 3.63) is 59.8 Å². The molecule has 2 amide bonds. The number of benzene rings is 2. The third kappa shape index (κ3) is 4.64. The fourth-order valence-corrected chi connectivity index (χ4v) is 3.85. The summed E-state index contributed by atoms with van der Waals surface area (Å²) in [4.78, 5) is 29.0. The van der Waals surface area contributed by atoms with Crippen LogP contribution in [0.15, 0.2) is 48.5 Å². The predicted molar refractivity (Wildman–Crippen MR) is 124 cm³/mol. The van der Waals surface area contributed by atoms with Gasteiger partial charge in [0.05, 0.1) is 15.9 Å². The molecule has 3 N–H and O–H groups in total. The van der Waals surface area contributed by atoms with Crippen LogP contribution < -0.4 is 10.6 Å². The van der Waals surface area contributed by atoms with Crippen LogP contribution in [-0.2, 0) is 11.2 Å². The number of nitrogens with zero attached hydrogens (tertiary/aromatic N) is 2. The highest BCUT2D eigenvalue weighted by atomic mass is 32.1. The van der Waals surface area contributed by atoms with E-state index in [0.717, 1.165) is 16.7 Å². The third-order valence-corrected chi connectivity index (χ3v) is 5.83. The maximum atomic E-state index is 12.7. The number of carbonyl (C=O) groups is 2. The van der Waals surface area contributed by atoms with Gasteiger partial charge < -0.3 is 10.6 Å². The Bertz CT molecular complexity index is 1240. The molecule has 2 aromatic carbocycles. The molecule has 0 unspecified atom stereocenters. The minimum absolute atomic E-state index is 0.0769. The molecule has 0 aliphatic rings. The SMILES string of the molecule is CCc1ccc(-c2cc(C(=O)Nc3ccc4sc(NC(=O)C(C)C)nc4c3)[nH]n2)cc1. The van der Waals surface area contributed by atoms with E-state index in [1.807, 2.05) is 38.1 Å². The van der Waals surface area contributed by atoms with Crippen LogP contribution in [0.25, 0.3) is 21.5 Å². The van der Waals surface area contributed by atoms with Gasteiger partial charge in [0, 0.05) is 17.2 Å². The minimum atomic E-state index is -0.285. The van der Waals surface area contributed by atoms with Gasteiger partial charge in [0.1, 0.15) is 5.69 Å². The van der Waals surface area contributed by atoms with E-state index >= 15 is 0 Å². The second-order valence-corrected chi connectivity index (χ2v) is 8.55. The summed E-state index contributed by atoms with van der Waals surface area (Å²) in [5.41, 5.74) is 4.62. The van der Waals surface area contributed by atoms with E-state index in [0.29, 0.717) is 27.7 Å². The minimum Gasteiger partial charge on any atom is -0.321 e. The van der Waals surface area contributed by atoms with Crippen LogP contribution in [0, 0.1) is 5.92 Å². The second kappa shape index (κ2) is 8.69. The summed E-state index contributed by atoms with van der Waals surface area (Å²) in [6.45, 7) is 5.77. The lowest BCUT2D eigenvalue weighted by Gasteiger charge is -2.03. The summed E-state index contributed by atoms with van der Waals surface area (Å²) in [6.07, 6.45) is 0.976. The van der Waals surface area contributed by atoms with Crippen LogP contribution >= 0.6 is 11.3 Å². The van der Waals surface area contributed by atoms with E-state index in [4.69, 9.17) is 0 Å². The van der Waals surface area contributed by atoms with Crippen molar-refractivity contribution >= 4 is 44.2 Å². The first-order valence-electron chi connectivity index (χ1n) is 10.1. The van der Waals surface area contributed by atoms with Crippen LogP contribution in [-0.4, -0.2) is 27.0 Å². The monoisotopic (exact) mass is 433 g/mol. The molecular formula is C23H23N5O2S. The number of aromatic nitrogens is 3. The molecule has 0 fully saturated rings. The van der Waals surface area contributed by atoms with Gasteiger partial charge in [-0.3, -0.25) is 14.7 Å². The van der Waals surface area contributed by atoms with Crippen LogP contribution in [0.4, 0.5) is 10.8 Å². The van der Waals surface area contributed by atoms with Crippen LogP contribution in [0.2, 0.25) is 0 Å². The Morgan fingerprint density at radius 1 is 1.06 bits per heavy atom. The van der Waals surface area contributed by atoms with Crippen LogP contribution in [0.3, 0.4) is 0 Å². The Morgan fingerprint density at radius 2 is 1.84 bits per heavy atom. The zero-order valence-electron chi connectivity index (χ0n) is 17.5. The fourth-order valence-electron chi connectivity index (χ4n) is 3.00. The molecule has 7 nitrogen and oxygen atoms in total. The highest BCUT2D eigenvalue weighted by Crippen LogP contribution is 2.28. The standard InChI is InChI=1S/C23H23N5O2S/c1-4-14-5-7-15(8-6-14)17-12-19(28-27-17)22(30)24-16-9-10-20-18(11-16)25-23(31-20)26-21(29)13(2)3/h5-13H,4H2,1-3H3,(H,24,30)(H,27,28)(H,25,26,29). The van der Waals surface area contributed by atoms with Crippen LogP contribution in [0.5, 0.6) is 0 Å². The topological polar surface area (TPSA) is 99.8 Å². The highest BCUT2D eigenvalue weighted by molar-refractivity contribution is 7.22. The molecule has 0 atom stereocenters. The van der Waals surface area contributed by atoms with Crippen LogP contribution in [0.1, 0.15) is 36.8 Å². The van der Waals surface area contributed by atoms with Gasteiger partial charge in [-0.2, -0.15) is 5.10 Å². The lowest BCUT2D eigenvalue weighted by molar-refractivity contribution is -0.118. The van der Waals surface area contributed by atoms with Crippen molar-refractivity contribution in [2.45, 2.75) is 27.2 Å². The van der Waals surface area contributed by atoms with E-state index in [9.17, 15) is 9.59 Å². The molecule has 8 heteroatoms. The van der Waals surface area contributed by atoms with E-state index in [2.05, 4.69) is 44.9 Å². The molecule has 0 bridgehead atoms. The maximum absolute atomic E-state index is 12.7. The van der Waals surface area contributed by atoms with E-state index in [-0.39, 0.29) is 17.7 Å². The van der Waals surface area contributed by atoms with Gasteiger partial charge in [-0.1, -0.05) is 56.4 Å². The first-order chi connectivity index (χ1) is 14.9. The molecule has 31 heavy (non-hydrogen) atoms. The average Bonchev–Trinajstić information content (AvgIpc) is 3.40. The summed E-state index contributed by atoms with van der Waals surface area (Å²) in [5.74, 6) is -0.482. The van der Waals surface area contributed by atoms with Gasteiger partial charge in [-0.25, -0.2) is 4.98 Å². The Hall–Kier alpha value is -3.52. The van der Waals surface area contributed by atoms with Gasteiger partial charge in [0.15, 0.2) is 5.13 Å². The van der Waals surface area contributed by atoms with Crippen molar-refractivity contribution in [2.75, 3.05) is 10.6 Å². The lowest BCUT2D eigenvalue weighted by atomic mass is 10.1. The Labute approximate surface area is 183 Å². The molecule has 4 rings (SSSR count). The zero-order chi connectivity index (χ0) is 22.0. The fraction of sp³-hybridized carbons (Fsp3) is 0.217.